The van der Waals surface area contributed by atoms with Gasteiger partial charge in [0, 0.05) is 16.6 Å². The Morgan fingerprint density at radius 1 is 1.11 bits per heavy atom. The summed E-state index contributed by atoms with van der Waals surface area (Å²) < 4.78 is 12.9. The number of benzene rings is 2. The number of amides is 2. The number of hydrogen-bond donors (Lipinski definition) is 2. The molecule has 0 aliphatic heterocycles. The van der Waals surface area contributed by atoms with Gasteiger partial charge in [-0.05, 0) is 55.8 Å². The molecule has 2 aromatic carbocycles. The summed E-state index contributed by atoms with van der Waals surface area (Å²) in [7, 11) is 0. The van der Waals surface area contributed by atoms with Gasteiger partial charge in [0.25, 0.3) is 5.91 Å². The van der Waals surface area contributed by atoms with Crippen molar-refractivity contribution in [2.24, 2.45) is 0 Å². The highest BCUT2D eigenvalue weighted by Gasteiger charge is 2.12. The van der Waals surface area contributed by atoms with Crippen LogP contribution in [0.1, 0.15) is 39.6 Å². The molecule has 1 heterocycles. The number of aryl methyl sites for hydroxylation is 1. The largest absolute Gasteiger partial charge is 0.349 e. The molecule has 5 nitrogen and oxygen atoms in total. The third kappa shape index (κ3) is 5.23. The predicted molar refractivity (Wildman–Crippen MR) is 108 cm³/mol. The van der Waals surface area contributed by atoms with Crippen LogP contribution >= 0.6 is 11.3 Å². The topological polar surface area (TPSA) is 71.1 Å². The minimum atomic E-state index is -0.387. The molecule has 0 saturated carbocycles. The molecule has 0 radical (unpaired) electrons. The standard InChI is InChI=1S/C21H20FN3O2S/c1-13(23-20(26)11-19-12-28-14(2)24-19)15-5-9-18(10-6-15)25-21(27)16-3-7-17(22)8-4-16/h3-10,12-13H,11H2,1-2H3,(H,23,26)(H,25,27). The van der Waals surface area contributed by atoms with E-state index in [-0.39, 0.29) is 30.1 Å². The Labute approximate surface area is 166 Å². The zero-order valence-electron chi connectivity index (χ0n) is 15.5. The number of carbonyl (C=O) groups excluding carboxylic acids is 2. The first kappa shape index (κ1) is 19.7. The van der Waals surface area contributed by atoms with E-state index < -0.39 is 0 Å². The van der Waals surface area contributed by atoms with Crippen LogP contribution in [-0.4, -0.2) is 16.8 Å². The van der Waals surface area contributed by atoms with Gasteiger partial charge in [0.05, 0.1) is 23.2 Å². The number of nitrogens with one attached hydrogen (secondary N) is 2. The van der Waals surface area contributed by atoms with Crippen molar-refractivity contribution < 1.29 is 14.0 Å². The van der Waals surface area contributed by atoms with Crippen molar-refractivity contribution in [3.05, 3.63) is 81.6 Å². The predicted octanol–water partition coefficient (Wildman–Crippen LogP) is 4.26. The van der Waals surface area contributed by atoms with Crippen LogP contribution in [0.15, 0.2) is 53.9 Å². The third-order valence-electron chi connectivity index (χ3n) is 4.16. The van der Waals surface area contributed by atoms with E-state index in [9.17, 15) is 14.0 Å². The number of aromatic nitrogens is 1. The van der Waals surface area contributed by atoms with E-state index >= 15 is 0 Å². The molecular formula is C21H20FN3O2S. The Morgan fingerprint density at radius 2 is 1.79 bits per heavy atom. The zero-order chi connectivity index (χ0) is 20.1. The summed E-state index contributed by atoms with van der Waals surface area (Å²) in [6, 6.07) is 12.4. The van der Waals surface area contributed by atoms with Crippen molar-refractivity contribution in [3.8, 4) is 0 Å². The maximum atomic E-state index is 12.9. The Bertz CT molecular complexity index is 968. The first-order chi connectivity index (χ1) is 13.4. The first-order valence-corrected chi connectivity index (χ1v) is 9.66. The highest BCUT2D eigenvalue weighted by molar-refractivity contribution is 7.09. The van der Waals surface area contributed by atoms with Crippen LogP contribution in [0.25, 0.3) is 0 Å². The van der Waals surface area contributed by atoms with Crippen LogP contribution in [0.2, 0.25) is 0 Å². The molecule has 0 saturated heterocycles. The molecule has 3 aromatic rings. The van der Waals surface area contributed by atoms with Gasteiger partial charge in [-0.1, -0.05) is 12.1 Å². The van der Waals surface area contributed by atoms with Gasteiger partial charge in [-0.2, -0.15) is 0 Å². The lowest BCUT2D eigenvalue weighted by Gasteiger charge is -2.15. The second kappa shape index (κ2) is 8.75. The van der Waals surface area contributed by atoms with E-state index in [0.29, 0.717) is 11.3 Å². The molecule has 144 valence electrons. The summed E-state index contributed by atoms with van der Waals surface area (Å²) in [5.74, 6) is -0.791. The van der Waals surface area contributed by atoms with Crippen LogP contribution in [0.3, 0.4) is 0 Å². The number of hydrogen-bond acceptors (Lipinski definition) is 4. The third-order valence-corrected chi connectivity index (χ3v) is 4.98. The molecular weight excluding hydrogens is 377 g/mol. The summed E-state index contributed by atoms with van der Waals surface area (Å²) in [6.07, 6.45) is 0.250. The molecule has 28 heavy (non-hydrogen) atoms. The van der Waals surface area contributed by atoms with Crippen LogP contribution in [0, 0.1) is 12.7 Å². The van der Waals surface area contributed by atoms with Gasteiger partial charge in [0.2, 0.25) is 5.91 Å². The average molecular weight is 397 g/mol. The summed E-state index contributed by atoms with van der Waals surface area (Å²) in [5.41, 5.74) is 2.69. The van der Waals surface area contributed by atoms with E-state index in [0.717, 1.165) is 16.3 Å². The van der Waals surface area contributed by atoms with Crippen molar-refractivity contribution >= 4 is 28.8 Å². The monoisotopic (exact) mass is 397 g/mol. The molecule has 1 unspecified atom stereocenters. The zero-order valence-corrected chi connectivity index (χ0v) is 16.3. The van der Waals surface area contributed by atoms with Crippen LogP contribution in [0.5, 0.6) is 0 Å². The maximum Gasteiger partial charge on any atom is 0.255 e. The molecule has 0 spiro atoms. The van der Waals surface area contributed by atoms with Gasteiger partial charge < -0.3 is 10.6 Å². The Hall–Kier alpha value is -3.06. The Morgan fingerprint density at radius 3 is 2.39 bits per heavy atom. The van der Waals surface area contributed by atoms with Crippen LogP contribution in [0.4, 0.5) is 10.1 Å². The first-order valence-electron chi connectivity index (χ1n) is 8.78. The Kier molecular flexibility index (Phi) is 6.16. The van der Waals surface area contributed by atoms with Gasteiger partial charge in [0.1, 0.15) is 5.82 Å². The summed E-state index contributed by atoms with van der Waals surface area (Å²) >= 11 is 1.52. The molecule has 0 aliphatic rings. The van der Waals surface area contributed by atoms with E-state index in [4.69, 9.17) is 0 Å². The van der Waals surface area contributed by atoms with E-state index in [1.807, 2.05) is 31.4 Å². The molecule has 2 N–H and O–H groups in total. The van der Waals surface area contributed by atoms with E-state index in [2.05, 4.69) is 15.6 Å². The number of rotatable bonds is 6. The van der Waals surface area contributed by atoms with Gasteiger partial charge in [-0.25, -0.2) is 9.37 Å². The maximum absolute atomic E-state index is 12.9. The lowest BCUT2D eigenvalue weighted by Crippen LogP contribution is -2.28. The molecule has 1 aromatic heterocycles. The van der Waals surface area contributed by atoms with E-state index in [1.54, 1.807) is 12.1 Å². The molecule has 0 bridgehead atoms. The molecule has 1 atom stereocenters. The van der Waals surface area contributed by atoms with Crippen molar-refractivity contribution in [2.75, 3.05) is 5.32 Å². The van der Waals surface area contributed by atoms with Crippen LogP contribution in [-0.2, 0) is 11.2 Å². The van der Waals surface area contributed by atoms with Crippen molar-refractivity contribution in [1.82, 2.24) is 10.3 Å². The Balaban J connectivity index is 1.56. The van der Waals surface area contributed by atoms with Gasteiger partial charge >= 0.3 is 0 Å². The number of halogens is 1. The van der Waals surface area contributed by atoms with Crippen molar-refractivity contribution in [1.29, 1.82) is 0 Å². The van der Waals surface area contributed by atoms with Crippen molar-refractivity contribution in [2.45, 2.75) is 26.3 Å². The molecule has 0 fully saturated rings. The van der Waals surface area contributed by atoms with Gasteiger partial charge in [-0.3, -0.25) is 9.59 Å². The fourth-order valence-electron chi connectivity index (χ4n) is 2.69. The van der Waals surface area contributed by atoms with Gasteiger partial charge in [0.15, 0.2) is 0 Å². The van der Waals surface area contributed by atoms with E-state index in [1.165, 1.54) is 35.6 Å². The quantitative estimate of drug-likeness (QED) is 0.653. The van der Waals surface area contributed by atoms with Gasteiger partial charge in [-0.15, -0.1) is 11.3 Å². The molecule has 3 rings (SSSR count). The fraction of sp³-hybridized carbons (Fsp3) is 0.190. The summed E-state index contributed by atoms with van der Waals surface area (Å²) in [4.78, 5) is 28.6. The molecule has 7 heteroatoms. The highest BCUT2D eigenvalue weighted by atomic mass is 32.1. The average Bonchev–Trinajstić information content (AvgIpc) is 3.07. The lowest BCUT2D eigenvalue weighted by atomic mass is 10.1. The van der Waals surface area contributed by atoms with Crippen LogP contribution < -0.4 is 10.6 Å². The fourth-order valence-corrected chi connectivity index (χ4v) is 3.30. The number of carbonyl (C=O) groups is 2. The summed E-state index contributed by atoms with van der Waals surface area (Å²) in [5, 5.41) is 8.54. The molecule has 2 amide bonds. The number of thiazole rings is 1. The number of nitrogens with zero attached hydrogens (tertiary/aromatic N) is 1. The van der Waals surface area contributed by atoms with Crippen molar-refractivity contribution in [3.63, 3.8) is 0 Å². The highest BCUT2D eigenvalue weighted by Crippen LogP contribution is 2.17. The second-order valence-corrected chi connectivity index (χ2v) is 7.47. The number of anilines is 1. The minimum Gasteiger partial charge on any atom is -0.349 e. The SMILES string of the molecule is Cc1nc(CC(=O)NC(C)c2ccc(NC(=O)c3ccc(F)cc3)cc2)cs1. The summed E-state index contributed by atoms with van der Waals surface area (Å²) in [6.45, 7) is 3.81. The lowest BCUT2D eigenvalue weighted by molar-refractivity contribution is -0.121. The minimum absolute atomic E-state index is 0.0912. The molecule has 0 aliphatic carbocycles. The second-order valence-electron chi connectivity index (χ2n) is 6.41. The smallest absolute Gasteiger partial charge is 0.255 e. The normalized spacial score (nSPS) is 11.7.